The van der Waals surface area contributed by atoms with Gasteiger partial charge in [-0.05, 0) is 50.3 Å². The summed E-state index contributed by atoms with van der Waals surface area (Å²) in [6.07, 6.45) is 6.59. The van der Waals surface area contributed by atoms with E-state index in [2.05, 4.69) is 31.7 Å². The van der Waals surface area contributed by atoms with Gasteiger partial charge in [0.2, 0.25) is 0 Å². The van der Waals surface area contributed by atoms with Crippen molar-refractivity contribution in [3.05, 3.63) is 24.2 Å². The molecule has 19 heavy (non-hydrogen) atoms. The largest absolute Gasteiger partial charge is 0.468 e. The van der Waals surface area contributed by atoms with E-state index in [1.807, 2.05) is 6.07 Å². The van der Waals surface area contributed by atoms with Crippen molar-refractivity contribution < 1.29 is 4.42 Å². The molecule has 1 fully saturated rings. The third-order valence-corrected chi connectivity index (χ3v) is 4.05. The van der Waals surface area contributed by atoms with Crippen molar-refractivity contribution in [2.45, 2.75) is 64.6 Å². The highest BCUT2D eigenvalue weighted by Gasteiger charge is 2.37. The highest BCUT2D eigenvalue weighted by Crippen LogP contribution is 2.37. The molecule has 1 saturated carbocycles. The summed E-state index contributed by atoms with van der Waals surface area (Å²) in [4.78, 5) is 2.59. The lowest BCUT2D eigenvalue weighted by atomic mass is 10.0. The summed E-state index contributed by atoms with van der Waals surface area (Å²) in [6, 6.07) is 5.15. The third-order valence-electron chi connectivity index (χ3n) is 4.05. The van der Waals surface area contributed by atoms with Gasteiger partial charge in [-0.1, -0.05) is 20.8 Å². The summed E-state index contributed by atoms with van der Waals surface area (Å²) in [5.74, 6) is 1.77. The van der Waals surface area contributed by atoms with Crippen LogP contribution in [0.4, 0.5) is 0 Å². The third kappa shape index (κ3) is 3.83. The van der Waals surface area contributed by atoms with Gasteiger partial charge in [0.1, 0.15) is 5.76 Å². The fourth-order valence-corrected chi connectivity index (χ4v) is 2.67. The van der Waals surface area contributed by atoms with E-state index in [4.69, 9.17) is 10.2 Å². The van der Waals surface area contributed by atoms with Crippen LogP contribution < -0.4 is 5.73 Å². The Hall–Kier alpha value is -0.800. The number of nitrogens with two attached hydrogens (primary N) is 1. The maximum atomic E-state index is 6.38. The Balaban J connectivity index is 2.13. The van der Waals surface area contributed by atoms with Gasteiger partial charge in [-0.15, -0.1) is 0 Å². The van der Waals surface area contributed by atoms with Crippen LogP contribution in [0.15, 0.2) is 22.8 Å². The molecule has 0 saturated heterocycles. The summed E-state index contributed by atoms with van der Waals surface area (Å²) < 4.78 is 5.66. The van der Waals surface area contributed by atoms with Crippen LogP contribution in [0.5, 0.6) is 0 Å². The molecule has 2 atom stereocenters. The number of hydrogen-bond acceptors (Lipinski definition) is 3. The number of hydrogen-bond donors (Lipinski definition) is 1. The van der Waals surface area contributed by atoms with Crippen molar-refractivity contribution in [1.29, 1.82) is 0 Å². The molecule has 1 aromatic rings. The van der Waals surface area contributed by atoms with Crippen molar-refractivity contribution in [3.63, 3.8) is 0 Å². The lowest BCUT2D eigenvalue weighted by Gasteiger charge is -2.34. The number of furan rings is 1. The van der Waals surface area contributed by atoms with Gasteiger partial charge < -0.3 is 10.2 Å². The quantitative estimate of drug-likeness (QED) is 0.780. The van der Waals surface area contributed by atoms with Gasteiger partial charge in [-0.25, -0.2) is 0 Å². The molecule has 1 heterocycles. The minimum atomic E-state index is 0.152. The molecule has 3 nitrogen and oxygen atoms in total. The fourth-order valence-electron chi connectivity index (χ4n) is 2.67. The first-order chi connectivity index (χ1) is 9.13. The highest BCUT2D eigenvalue weighted by atomic mass is 16.3. The zero-order chi connectivity index (χ0) is 13.8. The number of rotatable bonds is 8. The average molecular weight is 264 g/mol. The Kier molecular flexibility index (Phi) is 5.06. The molecule has 2 rings (SSSR count). The zero-order valence-electron chi connectivity index (χ0n) is 12.5. The molecule has 0 bridgehead atoms. The molecular formula is C16H28N2O. The number of nitrogens with zero attached hydrogens (tertiary/aromatic N) is 1. The van der Waals surface area contributed by atoms with Crippen molar-refractivity contribution in [1.82, 2.24) is 4.90 Å². The van der Waals surface area contributed by atoms with Crippen LogP contribution in [0.1, 0.15) is 58.3 Å². The highest BCUT2D eigenvalue weighted by molar-refractivity contribution is 5.09. The molecule has 0 spiro atoms. The molecule has 0 aliphatic heterocycles. The molecule has 2 N–H and O–H groups in total. The Morgan fingerprint density at radius 2 is 2.16 bits per heavy atom. The maximum Gasteiger partial charge on any atom is 0.122 e. The normalized spacial score (nSPS) is 19.1. The smallest absolute Gasteiger partial charge is 0.122 e. The first-order valence-corrected chi connectivity index (χ1v) is 7.68. The Labute approximate surface area is 117 Å². The first-order valence-electron chi connectivity index (χ1n) is 7.68. The van der Waals surface area contributed by atoms with Gasteiger partial charge in [-0.3, -0.25) is 4.90 Å². The molecule has 1 aliphatic rings. The monoisotopic (exact) mass is 264 g/mol. The minimum Gasteiger partial charge on any atom is -0.468 e. The van der Waals surface area contributed by atoms with E-state index in [-0.39, 0.29) is 12.1 Å². The van der Waals surface area contributed by atoms with E-state index in [0.29, 0.717) is 6.04 Å². The summed E-state index contributed by atoms with van der Waals surface area (Å²) in [7, 11) is 0. The van der Waals surface area contributed by atoms with Gasteiger partial charge in [0, 0.05) is 12.1 Å². The minimum absolute atomic E-state index is 0.152. The van der Waals surface area contributed by atoms with Gasteiger partial charge in [0.15, 0.2) is 0 Å². The predicted molar refractivity (Wildman–Crippen MR) is 78.9 cm³/mol. The summed E-state index contributed by atoms with van der Waals surface area (Å²) in [5.41, 5.74) is 6.38. The fraction of sp³-hybridized carbons (Fsp3) is 0.750. The van der Waals surface area contributed by atoms with Crippen LogP contribution in [-0.2, 0) is 0 Å². The Bertz CT molecular complexity index is 357. The second kappa shape index (κ2) is 6.58. The van der Waals surface area contributed by atoms with Gasteiger partial charge >= 0.3 is 0 Å². The Morgan fingerprint density at radius 1 is 1.42 bits per heavy atom. The van der Waals surface area contributed by atoms with E-state index in [0.717, 1.165) is 24.6 Å². The second-order valence-corrected chi connectivity index (χ2v) is 6.18. The predicted octanol–water partition coefficient (Wildman–Crippen LogP) is 3.57. The van der Waals surface area contributed by atoms with Gasteiger partial charge in [0.05, 0.1) is 12.3 Å². The molecule has 2 unspecified atom stereocenters. The lowest BCUT2D eigenvalue weighted by molar-refractivity contribution is 0.132. The molecule has 0 radical (unpaired) electrons. The van der Waals surface area contributed by atoms with Crippen molar-refractivity contribution in [2.75, 3.05) is 6.54 Å². The van der Waals surface area contributed by atoms with Gasteiger partial charge in [-0.2, -0.15) is 0 Å². The van der Waals surface area contributed by atoms with E-state index < -0.39 is 0 Å². The second-order valence-electron chi connectivity index (χ2n) is 6.18. The summed E-state index contributed by atoms with van der Waals surface area (Å²) in [6.45, 7) is 7.86. The van der Waals surface area contributed by atoms with Crippen LogP contribution in [0.3, 0.4) is 0 Å². The Morgan fingerprint density at radius 3 is 2.63 bits per heavy atom. The van der Waals surface area contributed by atoms with E-state index in [9.17, 15) is 0 Å². The van der Waals surface area contributed by atoms with E-state index >= 15 is 0 Å². The van der Waals surface area contributed by atoms with Crippen molar-refractivity contribution in [3.8, 4) is 0 Å². The first kappa shape index (κ1) is 14.6. The lowest BCUT2D eigenvalue weighted by Crippen LogP contribution is -2.42. The standard InChI is InChI=1S/C16H28N2O/c1-4-14(17)16(15-6-5-11-19-15)18(13-7-8-13)10-9-12(2)3/h5-6,11-14,16H,4,7-10,17H2,1-3H3. The van der Waals surface area contributed by atoms with Crippen LogP contribution >= 0.6 is 0 Å². The summed E-state index contributed by atoms with van der Waals surface area (Å²) >= 11 is 0. The average Bonchev–Trinajstić information content (AvgIpc) is 3.09. The van der Waals surface area contributed by atoms with Crippen LogP contribution in [0.25, 0.3) is 0 Å². The molecule has 3 heteroatoms. The molecule has 0 aromatic carbocycles. The van der Waals surface area contributed by atoms with Crippen molar-refractivity contribution >= 4 is 0 Å². The van der Waals surface area contributed by atoms with Crippen LogP contribution in [0, 0.1) is 5.92 Å². The van der Waals surface area contributed by atoms with Gasteiger partial charge in [0.25, 0.3) is 0 Å². The molecule has 0 amide bonds. The van der Waals surface area contributed by atoms with Crippen molar-refractivity contribution in [2.24, 2.45) is 11.7 Å². The SMILES string of the molecule is CCC(N)C(c1ccco1)N(CCC(C)C)C1CC1. The van der Waals surface area contributed by atoms with E-state index in [1.165, 1.54) is 19.3 Å². The molecule has 1 aromatic heterocycles. The molecule has 108 valence electrons. The molecular weight excluding hydrogens is 236 g/mol. The summed E-state index contributed by atoms with van der Waals surface area (Å²) in [5, 5.41) is 0. The maximum absolute atomic E-state index is 6.38. The van der Waals surface area contributed by atoms with Crippen LogP contribution in [-0.4, -0.2) is 23.5 Å². The topological polar surface area (TPSA) is 42.4 Å². The molecule has 1 aliphatic carbocycles. The van der Waals surface area contributed by atoms with Crippen LogP contribution in [0.2, 0.25) is 0 Å². The zero-order valence-corrected chi connectivity index (χ0v) is 12.5. The van der Waals surface area contributed by atoms with E-state index in [1.54, 1.807) is 6.26 Å².